The Bertz CT molecular complexity index is 1620. The highest BCUT2D eigenvalue weighted by Gasteiger charge is 2.46. The maximum atomic E-state index is 14.1. The second kappa shape index (κ2) is 10.3. The molecule has 0 aromatic heterocycles. The molecule has 0 aliphatic carbocycles. The van der Waals surface area contributed by atoms with Crippen LogP contribution in [0.1, 0.15) is 35.3 Å². The van der Waals surface area contributed by atoms with Gasteiger partial charge >= 0.3 is 11.9 Å². The second-order valence-electron chi connectivity index (χ2n) is 9.62. The van der Waals surface area contributed by atoms with Crippen molar-refractivity contribution in [1.82, 2.24) is 0 Å². The molecule has 0 saturated carbocycles. The smallest absolute Gasteiger partial charge is 0.346 e. The number of fused-ring (bicyclic) bond motifs is 2. The first-order valence-corrected chi connectivity index (χ1v) is 14.1. The maximum Gasteiger partial charge on any atom is 0.346 e. The van der Waals surface area contributed by atoms with Crippen LogP contribution in [-0.4, -0.2) is 42.5 Å². The van der Waals surface area contributed by atoms with Crippen LogP contribution < -0.4 is 4.90 Å². The van der Waals surface area contributed by atoms with Crippen molar-refractivity contribution in [2.75, 3.05) is 19.1 Å². The lowest BCUT2D eigenvalue weighted by atomic mass is 9.82. The van der Waals surface area contributed by atoms with Gasteiger partial charge in [-0.25, -0.2) is 9.59 Å². The summed E-state index contributed by atoms with van der Waals surface area (Å²) in [5.41, 5.74) is 2.82. The standard InChI is InChI=1S/C30H25NO5S3/c1-16-10-13-21-20(14-16)22(29-38-23(27(33)35-4)24(39-29)28(34)36-5)25(37)30(2,3)31(21)26(32)19-12-11-17-8-6-7-9-18(17)15-19/h6-15H,1-5H3. The van der Waals surface area contributed by atoms with Gasteiger partial charge < -0.3 is 9.47 Å². The molecule has 0 N–H and O–H groups in total. The van der Waals surface area contributed by atoms with Gasteiger partial charge in [0.2, 0.25) is 0 Å². The molecule has 2 aliphatic rings. The van der Waals surface area contributed by atoms with E-state index in [0.717, 1.165) is 45.4 Å². The summed E-state index contributed by atoms with van der Waals surface area (Å²) >= 11 is 8.36. The van der Waals surface area contributed by atoms with Gasteiger partial charge in [0.1, 0.15) is 9.81 Å². The van der Waals surface area contributed by atoms with E-state index in [1.807, 2.05) is 81.4 Å². The molecule has 0 spiro atoms. The number of nitrogens with zero attached hydrogens (tertiary/aromatic N) is 1. The Morgan fingerprint density at radius 2 is 1.46 bits per heavy atom. The number of ether oxygens (including phenoxy) is 2. The van der Waals surface area contributed by atoms with E-state index in [1.165, 1.54) is 14.2 Å². The highest BCUT2D eigenvalue weighted by atomic mass is 32.2. The number of hydrogen-bond donors (Lipinski definition) is 0. The van der Waals surface area contributed by atoms with Crippen LogP contribution in [0, 0.1) is 6.92 Å². The Hall–Kier alpha value is -3.40. The third kappa shape index (κ3) is 4.58. The molecule has 2 heterocycles. The highest BCUT2D eigenvalue weighted by molar-refractivity contribution is 8.29. The molecule has 2 aliphatic heterocycles. The topological polar surface area (TPSA) is 72.9 Å². The molecule has 198 valence electrons. The molecule has 0 atom stereocenters. The molecule has 1 amide bonds. The van der Waals surface area contributed by atoms with E-state index in [1.54, 1.807) is 4.90 Å². The van der Waals surface area contributed by atoms with Crippen molar-refractivity contribution >= 4 is 80.5 Å². The summed E-state index contributed by atoms with van der Waals surface area (Å²) in [5, 5.41) is 2.03. The van der Waals surface area contributed by atoms with Gasteiger partial charge in [0.25, 0.3) is 5.91 Å². The van der Waals surface area contributed by atoms with Crippen LogP contribution in [-0.2, 0) is 19.1 Å². The number of aryl methyl sites for hydroxylation is 1. The zero-order valence-electron chi connectivity index (χ0n) is 22.0. The first kappa shape index (κ1) is 27.2. The first-order chi connectivity index (χ1) is 18.6. The fraction of sp³-hybridized carbons (Fsp3) is 0.200. The van der Waals surface area contributed by atoms with Crippen molar-refractivity contribution in [2.45, 2.75) is 26.3 Å². The number of carbonyl (C=O) groups excluding carboxylic acids is 3. The summed E-state index contributed by atoms with van der Waals surface area (Å²) in [7, 11) is 2.54. The molecule has 0 unspecified atom stereocenters. The van der Waals surface area contributed by atoms with Crippen molar-refractivity contribution < 1.29 is 23.9 Å². The maximum absolute atomic E-state index is 14.1. The van der Waals surface area contributed by atoms with Crippen LogP contribution in [0.25, 0.3) is 16.3 Å². The van der Waals surface area contributed by atoms with E-state index < -0.39 is 17.5 Å². The van der Waals surface area contributed by atoms with Gasteiger partial charge in [-0.1, -0.05) is 77.7 Å². The summed E-state index contributed by atoms with van der Waals surface area (Å²) in [6, 6.07) is 19.5. The predicted molar refractivity (Wildman–Crippen MR) is 162 cm³/mol. The lowest BCUT2D eigenvalue weighted by Crippen LogP contribution is -2.56. The molecule has 0 radical (unpaired) electrons. The quantitative estimate of drug-likeness (QED) is 0.195. The molecule has 39 heavy (non-hydrogen) atoms. The molecule has 3 aromatic carbocycles. The van der Waals surface area contributed by atoms with Gasteiger partial charge in [-0.15, -0.1) is 0 Å². The van der Waals surface area contributed by atoms with Gasteiger partial charge in [0.05, 0.1) is 34.5 Å². The van der Waals surface area contributed by atoms with Gasteiger partial charge in [0.15, 0.2) is 0 Å². The molecule has 0 bridgehead atoms. The second-order valence-corrected chi connectivity index (χ2v) is 12.3. The Balaban J connectivity index is 1.67. The average Bonchev–Trinajstić information content (AvgIpc) is 3.37. The van der Waals surface area contributed by atoms with Gasteiger partial charge in [-0.05, 0) is 55.8 Å². The number of benzene rings is 3. The summed E-state index contributed by atoms with van der Waals surface area (Å²) < 4.78 is 10.5. The minimum Gasteiger partial charge on any atom is -0.465 e. The summed E-state index contributed by atoms with van der Waals surface area (Å²) in [6.07, 6.45) is 0. The van der Waals surface area contributed by atoms with Gasteiger partial charge in [-0.3, -0.25) is 9.69 Å². The number of carbonyl (C=O) groups is 3. The SMILES string of the molecule is COC(=O)C1=C(C(=O)OC)SC(=C2C(=S)C(C)(C)N(C(=O)c3ccc4ccccc4c3)c3ccc(C)cc32)S1. The molecule has 0 fully saturated rings. The van der Waals surface area contributed by atoms with Crippen molar-refractivity contribution in [3.63, 3.8) is 0 Å². The van der Waals surface area contributed by atoms with Crippen LogP contribution in [0.3, 0.4) is 0 Å². The number of esters is 2. The first-order valence-electron chi connectivity index (χ1n) is 12.1. The molecular weight excluding hydrogens is 551 g/mol. The molecule has 0 saturated heterocycles. The zero-order valence-corrected chi connectivity index (χ0v) is 24.4. The number of thiocarbonyl (C=S) groups is 1. The van der Waals surface area contributed by atoms with Crippen LogP contribution >= 0.6 is 35.7 Å². The number of amides is 1. The predicted octanol–water partition coefficient (Wildman–Crippen LogP) is 6.66. The summed E-state index contributed by atoms with van der Waals surface area (Å²) in [6.45, 7) is 5.80. The van der Waals surface area contributed by atoms with E-state index in [2.05, 4.69) is 0 Å². The molecular formula is C30H25NO5S3. The van der Waals surface area contributed by atoms with Crippen molar-refractivity contribution in [2.24, 2.45) is 0 Å². The Morgan fingerprint density at radius 3 is 2.08 bits per heavy atom. The van der Waals surface area contributed by atoms with E-state index in [9.17, 15) is 14.4 Å². The largest absolute Gasteiger partial charge is 0.465 e. The number of methoxy groups -OCH3 is 2. The third-order valence-electron chi connectivity index (χ3n) is 6.75. The minimum atomic E-state index is -0.900. The Morgan fingerprint density at radius 1 is 0.846 bits per heavy atom. The zero-order chi connectivity index (χ0) is 28.1. The average molecular weight is 576 g/mol. The number of hydrogen-bond acceptors (Lipinski definition) is 8. The van der Waals surface area contributed by atoms with Crippen molar-refractivity contribution in [3.05, 3.63) is 91.4 Å². The summed E-state index contributed by atoms with van der Waals surface area (Å²) in [4.78, 5) is 41.8. The monoisotopic (exact) mass is 575 g/mol. The minimum absolute atomic E-state index is 0.154. The Labute approximate surface area is 240 Å². The van der Waals surface area contributed by atoms with E-state index >= 15 is 0 Å². The number of thioether (sulfide) groups is 2. The fourth-order valence-electron chi connectivity index (χ4n) is 4.75. The Kier molecular flexibility index (Phi) is 7.17. The van der Waals surface area contributed by atoms with Gasteiger partial charge in [-0.2, -0.15) is 0 Å². The molecule has 5 rings (SSSR count). The van der Waals surface area contributed by atoms with Crippen LogP contribution in [0.5, 0.6) is 0 Å². The molecule has 3 aromatic rings. The molecule has 9 heteroatoms. The van der Waals surface area contributed by atoms with Crippen LogP contribution in [0.2, 0.25) is 0 Å². The lowest BCUT2D eigenvalue weighted by molar-refractivity contribution is -0.138. The lowest BCUT2D eigenvalue weighted by Gasteiger charge is -2.45. The van der Waals surface area contributed by atoms with E-state index in [0.29, 0.717) is 25.9 Å². The summed E-state index contributed by atoms with van der Waals surface area (Å²) in [5.74, 6) is -1.42. The van der Waals surface area contributed by atoms with Crippen molar-refractivity contribution in [1.29, 1.82) is 0 Å². The molecule has 6 nitrogen and oxygen atoms in total. The number of rotatable bonds is 3. The third-order valence-corrected chi connectivity index (χ3v) is 10.0. The van der Waals surface area contributed by atoms with Crippen molar-refractivity contribution in [3.8, 4) is 0 Å². The fourth-order valence-corrected chi connectivity index (χ4v) is 7.78. The van der Waals surface area contributed by atoms with Crippen LogP contribution in [0.4, 0.5) is 5.69 Å². The normalized spacial score (nSPS) is 16.4. The highest BCUT2D eigenvalue weighted by Crippen LogP contribution is 2.56. The van der Waals surface area contributed by atoms with E-state index in [4.69, 9.17) is 21.7 Å². The van der Waals surface area contributed by atoms with Crippen LogP contribution in [0.15, 0.2) is 74.7 Å². The van der Waals surface area contributed by atoms with E-state index in [-0.39, 0.29) is 15.7 Å². The number of anilines is 1. The van der Waals surface area contributed by atoms with Gasteiger partial charge in [0, 0.05) is 16.7 Å².